The van der Waals surface area contributed by atoms with Crippen molar-refractivity contribution < 1.29 is 4.79 Å². The number of piperidine rings is 1. The number of hydrogen-bond donors (Lipinski definition) is 2. The molecule has 1 atom stereocenters. The number of amides is 2. The molecule has 5 heteroatoms. The zero-order valence-electron chi connectivity index (χ0n) is 9.79. The molecule has 0 radical (unpaired) electrons. The Labute approximate surface area is 95.2 Å². The molecule has 1 aromatic rings. The van der Waals surface area contributed by atoms with E-state index in [1.807, 2.05) is 17.9 Å². The van der Waals surface area contributed by atoms with Crippen molar-refractivity contribution in [3.05, 3.63) is 11.8 Å². The number of carbonyl (C=O) groups excluding carboxylic acids is 1. The molecule has 2 N–H and O–H groups in total. The number of nitrogens with one attached hydrogen (secondary N) is 2. The number of aromatic nitrogens is 2. The third-order valence-electron chi connectivity index (χ3n) is 2.89. The molecule has 1 aliphatic heterocycles. The van der Waals surface area contributed by atoms with Crippen molar-refractivity contribution in [2.75, 3.05) is 18.4 Å². The van der Waals surface area contributed by atoms with E-state index in [0.29, 0.717) is 11.7 Å². The Bertz CT molecular complexity index is 374. The fraction of sp³-hybridized carbons (Fsp3) is 0.636. The predicted molar refractivity (Wildman–Crippen MR) is 62.3 cm³/mol. The van der Waals surface area contributed by atoms with E-state index in [4.69, 9.17) is 0 Å². The standard InChI is InChI=1S/C11H18N4O/c1-8-4-3-5-15(7-8)11(16)12-10-6-9(2)13-14-10/h6,8H,3-5,7H2,1-2H3,(H2,12,13,14,16). The van der Waals surface area contributed by atoms with Gasteiger partial charge in [-0.1, -0.05) is 6.92 Å². The van der Waals surface area contributed by atoms with Gasteiger partial charge in [-0.3, -0.25) is 10.4 Å². The lowest BCUT2D eigenvalue weighted by Gasteiger charge is -2.30. The van der Waals surface area contributed by atoms with Gasteiger partial charge in [0.05, 0.1) is 0 Å². The molecule has 1 aromatic heterocycles. The average Bonchev–Trinajstić information content (AvgIpc) is 2.64. The molecule has 0 aromatic carbocycles. The summed E-state index contributed by atoms with van der Waals surface area (Å²) in [5.41, 5.74) is 0.947. The number of aryl methyl sites for hydroxylation is 1. The number of urea groups is 1. The van der Waals surface area contributed by atoms with Crippen molar-refractivity contribution in [3.8, 4) is 0 Å². The van der Waals surface area contributed by atoms with Gasteiger partial charge in [0.2, 0.25) is 0 Å². The fourth-order valence-electron chi connectivity index (χ4n) is 2.04. The molecule has 16 heavy (non-hydrogen) atoms. The first-order chi connectivity index (χ1) is 7.65. The van der Waals surface area contributed by atoms with Crippen LogP contribution in [0.5, 0.6) is 0 Å². The summed E-state index contributed by atoms with van der Waals surface area (Å²) in [5.74, 6) is 1.20. The summed E-state index contributed by atoms with van der Waals surface area (Å²) in [6.07, 6.45) is 2.31. The van der Waals surface area contributed by atoms with Crippen molar-refractivity contribution in [2.45, 2.75) is 26.7 Å². The van der Waals surface area contributed by atoms with Crippen molar-refractivity contribution in [1.29, 1.82) is 0 Å². The fourth-order valence-corrected chi connectivity index (χ4v) is 2.04. The van der Waals surface area contributed by atoms with Gasteiger partial charge in [0.25, 0.3) is 0 Å². The lowest BCUT2D eigenvalue weighted by Crippen LogP contribution is -2.41. The maximum absolute atomic E-state index is 11.9. The molecular weight excluding hydrogens is 204 g/mol. The molecule has 2 amide bonds. The second-order valence-electron chi connectivity index (χ2n) is 4.56. The molecule has 0 spiro atoms. The highest BCUT2D eigenvalue weighted by Gasteiger charge is 2.21. The van der Waals surface area contributed by atoms with E-state index in [1.165, 1.54) is 6.42 Å². The summed E-state index contributed by atoms with van der Waals surface area (Å²) < 4.78 is 0. The van der Waals surface area contributed by atoms with Crippen LogP contribution in [0.25, 0.3) is 0 Å². The summed E-state index contributed by atoms with van der Waals surface area (Å²) in [6.45, 7) is 5.78. The lowest BCUT2D eigenvalue weighted by molar-refractivity contribution is 0.182. The van der Waals surface area contributed by atoms with Crippen LogP contribution >= 0.6 is 0 Å². The van der Waals surface area contributed by atoms with E-state index in [9.17, 15) is 4.79 Å². The van der Waals surface area contributed by atoms with E-state index in [2.05, 4.69) is 22.4 Å². The van der Waals surface area contributed by atoms with E-state index in [1.54, 1.807) is 0 Å². The second kappa shape index (κ2) is 4.55. The Morgan fingerprint density at radius 3 is 3.12 bits per heavy atom. The Hall–Kier alpha value is -1.52. The highest BCUT2D eigenvalue weighted by atomic mass is 16.2. The first kappa shape index (κ1) is 11.0. The molecule has 1 unspecified atom stereocenters. The van der Waals surface area contributed by atoms with E-state index < -0.39 is 0 Å². The SMILES string of the molecule is Cc1cc(NC(=O)N2CCCC(C)C2)n[nH]1. The van der Waals surface area contributed by atoms with E-state index in [-0.39, 0.29) is 6.03 Å². The van der Waals surface area contributed by atoms with Gasteiger partial charge in [0, 0.05) is 24.8 Å². The van der Waals surface area contributed by atoms with Gasteiger partial charge in [-0.05, 0) is 25.7 Å². The molecule has 0 saturated carbocycles. The molecular formula is C11H18N4O. The van der Waals surface area contributed by atoms with Crippen molar-refractivity contribution >= 4 is 11.8 Å². The zero-order chi connectivity index (χ0) is 11.5. The molecule has 1 saturated heterocycles. The Kier molecular flexibility index (Phi) is 3.12. The largest absolute Gasteiger partial charge is 0.324 e. The van der Waals surface area contributed by atoms with Crippen LogP contribution in [0.3, 0.4) is 0 Å². The third kappa shape index (κ3) is 2.53. The van der Waals surface area contributed by atoms with Crippen LogP contribution in [-0.4, -0.2) is 34.2 Å². The van der Waals surface area contributed by atoms with Gasteiger partial charge in [-0.25, -0.2) is 4.79 Å². The number of anilines is 1. The quantitative estimate of drug-likeness (QED) is 0.763. The van der Waals surface area contributed by atoms with Crippen LogP contribution in [0.4, 0.5) is 10.6 Å². The van der Waals surface area contributed by atoms with Crippen LogP contribution < -0.4 is 5.32 Å². The smallest absolute Gasteiger partial charge is 0.323 e. The highest BCUT2D eigenvalue weighted by molar-refractivity contribution is 5.88. The van der Waals surface area contributed by atoms with Gasteiger partial charge >= 0.3 is 6.03 Å². The summed E-state index contributed by atoms with van der Waals surface area (Å²) in [5, 5.41) is 9.59. The molecule has 1 aliphatic rings. The van der Waals surface area contributed by atoms with Crippen LogP contribution in [-0.2, 0) is 0 Å². The third-order valence-corrected chi connectivity index (χ3v) is 2.89. The Morgan fingerprint density at radius 1 is 1.69 bits per heavy atom. The molecule has 5 nitrogen and oxygen atoms in total. The Balaban J connectivity index is 1.92. The number of H-pyrrole nitrogens is 1. The first-order valence-electron chi connectivity index (χ1n) is 5.73. The number of likely N-dealkylation sites (tertiary alicyclic amines) is 1. The van der Waals surface area contributed by atoms with Crippen LogP contribution in [0.2, 0.25) is 0 Å². The number of hydrogen-bond acceptors (Lipinski definition) is 2. The van der Waals surface area contributed by atoms with Crippen LogP contribution in [0.15, 0.2) is 6.07 Å². The number of aromatic amines is 1. The maximum atomic E-state index is 11.9. The zero-order valence-corrected chi connectivity index (χ0v) is 9.79. The topological polar surface area (TPSA) is 61.0 Å². The lowest BCUT2D eigenvalue weighted by atomic mass is 10.0. The molecule has 0 bridgehead atoms. The number of nitrogens with zero attached hydrogens (tertiary/aromatic N) is 2. The van der Waals surface area contributed by atoms with Gasteiger partial charge in [0.15, 0.2) is 5.82 Å². The normalized spacial score (nSPS) is 20.9. The van der Waals surface area contributed by atoms with E-state index in [0.717, 1.165) is 25.2 Å². The second-order valence-corrected chi connectivity index (χ2v) is 4.56. The maximum Gasteiger partial charge on any atom is 0.323 e. The summed E-state index contributed by atoms with van der Waals surface area (Å²) >= 11 is 0. The minimum Gasteiger partial charge on any atom is -0.324 e. The van der Waals surface area contributed by atoms with Crippen molar-refractivity contribution in [1.82, 2.24) is 15.1 Å². The highest BCUT2D eigenvalue weighted by Crippen LogP contribution is 2.16. The summed E-state index contributed by atoms with van der Waals surface area (Å²) in [7, 11) is 0. The molecule has 2 rings (SSSR count). The summed E-state index contributed by atoms with van der Waals surface area (Å²) in [4.78, 5) is 13.7. The molecule has 2 heterocycles. The monoisotopic (exact) mass is 222 g/mol. The Morgan fingerprint density at radius 2 is 2.50 bits per heavy atom. The molecule has 0 aliphatic carbocycles. The minimum atomic E-state index is -0.0435. The van der Waals surface area contributed by atoms with Crippen LogP contribution in [0, 0.1) is 12.8 Å². The number of carbonyl (C=O) groups is 1. The average molecular weight is 222 g/mol. The van der Waals surface area contributed by atoms with Gasteiger partial charge in [-0.2, -0.15) is 5.10 Å². The number of rotatable bonds is 1. The van der Waals surface area contributed by atoms with Gasteiger partial charge < -0.3 is 4.90 Å². The molecule has 88 valence electrons. The van der Waals surface area contributed by atoms with Crippen LogP contribution in [0.1, 0.15) is 25.5 Å². The van der Waals surface area contributed by atoms with Crippen molar-refractivity contribution in [3.63, 3.8) is 0 Å². The van der Waals surface area contributed by atoms with Gasteiger partial charge in [0.1, 0.15) is 0 Å². The van der Waals surface area contributed by atoms with E-state index >= 15 is 0 Å². The predicted octanol–water partition coefficient (Wildman–Crippen LogP) is 1.98. The van der Waals surface area contributed by atoms with Crippen molar-refractivity contribution in [2.24, 2.45) is 5.92 Å². The van der Waals surface area contributed by atoms with Gasteiger partial charge in [-0.15, -0.1) is 0 Å². The first-order valence-corrected chi connectivity index (χ1v) is 5.73. The minimum absolute atomic E-state index is 0.0435. The molecule has 1 fully saturated rings. The summed E-state index contributed by atoms with van der Waals surface area (Å²) in [6, 6.07) is 1.78.